The molecule has 0 aliphatic heterocycles. The number of nitrogens with one attached hydrogen (secondary N) is 1. The first-order valence-electron chi connectivity index (χ1n) is 8.15. The maximum atomic E-state index is 13.3. The number of carbonyl (C=O) groups excluding carboxylic acids is 1. The van der Waals surface area contributed by atoms with E-state index < -0.39 is 49.5 Å². The van der Waals surface area contributed by atoms with Gasteiger partial charge in [0.25, 0.3) is 5.91 Å². The van der Waals surface area contributed by atoms with E-state index in [9.17, 15) is 30.8 Å². The molecule has 2 aromatic rings. The first kappa shape index (κ1) is 20.6. The van der Waals surface area contributed by atoms with E-state index in [0.29, 0.717) is 6.07 Å². The fourth-order valence-corrected chi connectivity index (χ4v) is 5.07. The van der Waals surface area contributed by atoms with Gasteiger partial charge in [0.05, 0.1) is 15.7 Å². The zero-order valence-corrected chi connectivity index (χ0v) is 15.7. The highest BCUT2D eigenvalue weighted by Crippen LogP contribution is 2.35. The molecule has 0 bridgehead atoms. The van der Waals surface area contributed by atoms with Crippen LogP contribution in [0.2, 0.25) is 5.02 Å². The highest BCUT2D eigenvalue weighted by atomic mass is 35.5. The summed E-state index contributed by atoms with van der Waals surface area (Å²) in [6.07, 6.45) is -4.55. The van der Waals surface area contributed by atoms with Gasteiger partial charge in [0, 0.05) is 16.6 Å². The van der Waals surface area contributed by atoms with Crippen LogP contribution in [0.4, 0.5) is 17.6 Å². The molecule has 1 saturated carbocycles. The molecule has 1 aliphatic rings. The van der Waals surface area contributed by atoms with Crippen LogP contribution >= 0.6 is 11.6 Å². The SMILES string of the molecule is O=C(NC1CC(S(=O)(=O)c2cccc(C(F)(F)F)c2)C1)c1cc(F)cc(Cl)c1. The molecule has 150 valence electrons. The van der Waals surface area contributed by atoms with Crippen molar-refractivity contribution in [2.75, 3.05) is 0 Å². The molecule has 1 fully saturated rings. The molecule has 0 spiro atoms. The molecule has 0 unspecified atom stereocenters. The molecule has 0 saturated heterocycles. The first-order valence-corrected chi connectivity index (χ1v) is 10.1. The lowest BCUT2D eigenvalue weighted by molar-refractivity contribution is -0.137. The molecule has 28 heavy (non-hydrogen) atoms. The predicted octanol–water partition coefficient (Wildman–Crippen LogP) is 4.23. The summed E-state index contributed by atoms with van der Waals surface area (Å²) in [5.41, 5.74) is -1.05. The third-order valence-electron chi connectivity index (χ3n) is 4.48. The van der Waals surface area contributed by atoms with E-state index in [2.05, 4.69) is 5.32 Å². The monoisotopic (exact) mass is 435 g/mol. The van der Waals surface area contributed by atoms with E-state index in [1.165, 1.54) is 6.07 Å². The molecule has 3 rings (SSSR count). The van der Waals surface area contributed by atoms with Gasteiger partial charge in [-0.05, 0) is 49.2 Å². The average molecular weight is 436 g/mol. The Morgan fingerprint density at radius 3 is 2.39 bits per heavy atom. The molecule has 1 N–H and O–H groups in total. The van der Waals surface area contributed by atoms with E-state index >= 15 is 0 Å². The quantitative estimate of drug-likeness (QED) is 0.731. The van der Waals surface area contributed by atoms with E-state index in [-0.39, 0.29) is 23.4 Å². The predicted molar refractivity (Wildman–Crippen MR) is 94.3 cm³/mol. The summed E-state index contributed by atoms with van der Waals surface area (Å²) < 4.78 is 76.8. The summed E-state index contributed by atoms with van der Waals surface area (Å²) >= 11 is 5.69. The molecule has 0 aromatic heterocycles. The number of amides is 1. The minimum absolute atomic E-state index is 0.00538. The van der Waals surface area contributed by atoms with Gasteiger partial charge in [-0.15, -0.1) is 0 Å². The maximum absolute atomic E-state index is 13.3. The Balaban J connectivity index is 1.66. The summed E-state index contributed by atoms with van der Waals surface area (Å²) in [5.74, 6) is -1.29. The van der Waals surface area contributed by atoms with Crippen LogP contribution in [-0.2, 0) is 16.0 Å². The molecule has 1 aliphatic carbocycles. The van der Waals surface area contributed by atoms with Crippen LogP contribution in [-0.4, -0.2) is 25.6 Å². The van der Waals surface area contributed by atoms with Crippen LogP contribution < -0.4 is 5.32 Å². The number of hydrogen-bond acceptors (Lipinski definition) is 3. The maximum Gasteiger partial charge on any atom is 0.416 e. The van der Waals surface area contributed by atoms with E-state index in [1.54, 1.807) is 0 Å². The normalized spacial score (nSPS) is 19.8. The van der Waals surface area contributed by atoms with Gasteiger partial charge in [0.1, 0.15) is 5.82 Å². The molecule has 0 radical (unpaired) electrons. The zero-order valence-electron chi connectivity index (χ0n) is 14.1. The summed E-state index contributed by atoms with van der Waals surface area (Å²) in [5, 5.41) is 1.71. The first-order chi connectivity index (χ1) is 13.0. The number of halogens is 5. The van der Waals surface area contributed by atoms with Gasteiger partial charge >= 0.3 is 6.18 Å². The van der Waals surface area contributed by atoms with E-state index in [4.69, 9.17) is 11.6 Å². The van der Waals surface area contributed by atoms with Gasteiger partial charge in [-0.25, -0.2) is 12.8 Å². The fraction of sp³-hybridized carbons (Fsp3) is 0.278. The number of carbonyl (C=O) groups is 1. The Labute approximate surface area is 163 Å². The lowest BCUT2D eigenvalue weighted by Gasteiger charge is -2.35. The van der Waals surface area contributed by atoms with Crippen molar-refractivity contribution < 1.29 is 30.8 Å². The number of alkyl halides is 3. The van der Waals surface area contributed by atoms with Crippen molar-refractivity contribution >= 4 is 27.3 Å². The summed E-state index contributed by atoms with van der Waals surface area (Å²) in [4.78, 5) is 11.7. The number of benzene rings is 2. The van der Waals surface area contributed by atoms with Gasteiger partial charge in [-0.1, -0.05) is 17.7 Å². The molecular formula is C18H14ClF4NO3S. The standard InChI is InChI=1S/C18H14ClF4NO3S/c19-12-4-10(5-13(20)7-12)17(25)24-14-8-16(9-14)28(26,27)15-3-1-2-11(6-15)18(21,22)23/h1-7,14,16H,8-9H2,(H,24,25). The summed E-state index contributed by atoms with van der Waals surface area (Å²) in [7, 11) is -3.96. The highest BCUT2D eigenvalue weighted by molar-refractivity contribution is 7.92. The molecule has 0 heterocycles. The second kappa shape index (κ2) is 7.36. The van der Waals surface area contributed by atoms with Crippen molar-refractivity contribution in [1.29, 1.82) is 0 Å². The van der Waals surface area contributed by atoms with Gasteiger partial charge in [0.2, 0.25) is 0 Å². The fourth-order valence-electron chi connectivity index (χ4n) is 2.93. The minimum Gasteiger partial charge on any atom is -0.349 e. The molecule has 10 heteroatoms. The topological polar surface area (TPSA) is 63.2 Å². The summed E-state index contributed by atoms with van der Waals surface area (Å²) in [6, 6.07) is 6.39. The minimum atomic E-state index is -4.64. The van der Waals surface area contributed by atoms with Gasteiger partial charge < -0.3 is 5.32 Å². The van der Waals surface area contributed by atoms with Crippen molar-refractivity contribution in [2.45, 2.75) is 35.2 Å². The number of rotatable bonds is 4. The lowest BCUT2D eigenvalue weighted by Crippen LogP contribution is -2.49. The van der Waals surface area contributed by atoms with E-state index in [1.807, 2.05) is 0 Å². The Kier molecular flexibility index (Phi) is 5.42. The Hall–Kier alpha value is -2.13. The van der Waals surface area contributed by atoms with Crippen molar-refractivity contribution in [1.82, 2.24) is 5.32 Å². The Morgan fingerprint density at radius 2 is 1.79 bits per heavy atom. The third kappa shape index (κ3) is 4.30. The molecule has 1 amide bonds. The smallest absolute Gasteiger partial charge is 0.349 e. The number of hydrogen-bond donors (Lipinski definition) is 1. The van der Waals surface area contributed by atoms with Crippen LogP contribution in [0.15, 0.2) is 47.4 Å². The molecular weight excluding hydrogens is 422 g/mol. The largest absolute Gasteiger partial charge is 0.416 e. The second-order valence-corrected chi connectivity index (χ2v) is 9.16. The van der Waals surface area contributed by atoms with Crippen molar-refractivity contribution in [3.8, 4) is 0 Å². The summed E-state index contributed by atoms with van der Waals surface area (Å²) in [6.45, 7) is 0. The Morgan fingerprint density at radius 1 is 1.11 bits per heavy atom. The Bertz CT molecular complexity index is 997. The van der Waals surface area contributed by atoms with Crippen LogP contribution in [0, 0.1) is 5.82 Å². The van der Waals surface area contributed by atoms with Gasteiger partial charge in [0.15, 0.2) is 9.84 Å². The van der Waals surface area contributed by atoms with Crippen LogP contribution in [0.1, 0.15) is 28.8 Å². The molecule has 2 aromatic carbocycles. The van der Waals surface area contributed by atoms with Gasteiger partial charge in [-0.2, -0.15) is 13.2 Å². The average Bonchev–Trinajstić information content (AvgIpc) is 2.55. The van der Waals surface area contributed by atoms with Crippen molar-refractivity contribution in [3.63, 3.8) is 0 Å². The lowest BCUT2D eigenvalue weighted by atomic mass is 9.92. The highest BCUT2D eigenvalue weighted by Gasteiger charge is 2.41. The van der Waals surface area contributed by atoms with Gasteiger partial charge in [-0.3, -0.25) is 4.79 Å². The van der Waals surface area contributed by atoms with E-state index in [0.717, 1.165) is 30.3 Å². The van der Waals surface area contributed by atoms with Crippen LogP contribution in [0.5, 0.6) is 0 Å². The van der Waals surface area contributed by atoms with Crippen molar-refractivity contribution in [3.05, 3.63) is 64.4 Å². The van der Waals surface area contributed by atoms with Crippen LogP contribution in [0.3, 0.4) is 0 Å². The second-order valence-electron chi connectivity index (χ2n) is 6.49. The number of sulfone groups is 1. The van der Waals surface area contributed by atoms with Crippen molar-refractivity contribution in [2.24, 2.45) is 0 Å². The third-order valence-corrected chi connectivity index (χ3v) is 6.88. The molecule has 0 atom stereocenters. The van der Waals surface area contributed by atoms with Crippen LogP contribution in [0.25, 0.3) is 0 Å². The zero-order chi connectivity index (χ0) is 20.7. The molecule has 4 nitrogen and oxygen atoms in total.